The Kier molecular flexibility index (Phi) is 3.98. The van der Waals surface area contributed by atoms with Gasteiger partial charge in [-0.15, -0.1) is 0 Å². The van der Waals surface area contributed by atoms with E-state index in [2.05, 4.69) is 5.10 Å². The van der Waals surface area contributed by atoms with Crippen LogP contribution >= 0.6 is 11.3 Å². The molecule has 0 unspecified atom stereocenters. The molecular formula is C15H17N3O3S. The van der Waals surface area contributed by atoms with Crippen LogP contribution in [-0.2, 0) is 23.2 Å². The number of hydrogen-bond acceptors (Lipinski definition) is 4. The minimum atomic E-state index is -0.864. The predicted octanol–water partition coefficient (Wildman–Crippen LogP) is 2.05. The number of thiophene rings is 1. The van der Waals surface area contributed by atoms with Gasteiger partial charge in [-0.3, -0.25) is 14.3 Å². The zero-order valence-electron chi connectivity index (χ0n) is 12.2. The smallest absolute Gasteiger partial charge is 0.308 e. The van der Waals surface area contributed by atoms with Gasteiger partial charge >= 0.3 is 5.97 Å². The van der Waals surface area contributed by atoms with E-state index in [1.165, 1.54) is 0 Å². The fraction of sp³-hybridized carbons (Fsp3) is 0.400. The molecule has 22 heavy (non-hydrogen) atoms. The molecule has 2 aromatic rings. The van der Waals surface area contributed by atoms with Crippen LogP contribution in [0.1, 0.15) is 30.0 Å². The number of amides is 1. The van der Waals surface area contributed by atoms with Gasteiger partial charge in [-0.2, -0.15) is 16.4 Å². The lowest BCUT2D eigenvalue weighted by Crippen LogP contribution is -2.44. The Morgan fingerprint density at radius 1 is 1.55 bits per heavy atom. The van der Waals surface area contributed by atoms with Gasteiger partial charge in [0.15, 0.2) is 0 Å². The molecule has 1 fully saturated rings. The van der Waals surface area contributed by atoms with Crippen LogP contribution in [0.15, 0.2) is 29.2 Å². The molecule has 1 aliphatic heterocycles. The quantitative estimate of drug-likeness (QED) is 0.936. The molecule has 1 saturated heterocycles. The van der Waals surface area contributed by atoms with Gasteiger partial charge in [0.2, 0.25) is 5.91 Å². The number of piperidine rings is 1. The van der Waals surface area contributed by atoms with Crippen molar-refractivity contribution in [1.29, 1.82) is 0 Å². The Morgan fingerprint density at radius 3 is 2.95 bits per heavy atom. The summed E-state index contributed by atoms with van der Waals surface area (Å²) in [7, 11) is 1.78. The second-order valence-electron chi connectivity index (χ2n) is 5.53. The van der Waals surface area contributed by atoms with Gasteiger partial charge in [-0.1, -0.05) is 0 Å². The maximum Gasteiger partial charge on any atom is 0.308 e. The number of hydrogen-bond donors (Lipinski definition) is 1. The summed E-state index contributed by atoms with van der Waals surface area (Å²) in [6.45, 7) is 0.436. The van der Waals surface area contributed by atoms with Crippen LogP contribution in [0.5, 0.6) is 0 Å². The van der Waals surface area contributed by atoms with Gasteiger partial charge in [-0.25, -0.2) is 0 Å². The van der Waals surface area contributed by atoms with Crippen molar-refractivity contribution in [2.75, 3.05) is 0 Å². The molecular weight excluding hydrogens is 302 g/mol. The highest BCUT2D eigenvalue weighted by Gasteiger charge is 2.41. The monoisotopic (exact) mass is 319 g/mol. The molecule has 1 amide bonds. The summed E-state index contributed by atoms with van der Waals surface area (Å²) >= 11 is 1.57. The molecule has 3 rings (SSSR count). The number of carbonyl (C=O) groups is 2. The second-order valence-corrected chi connectivity index (χ2v) is 6.31. The molecule has 0 aromatic carbocycles. The minimum absolute atomic E-state index is 0.00227. The highest BCUT2D eigenvalue weighted by Crippen LogP contribution is 2.37. The normalized spacial score (nSPS) is 22.0. The number of rotatable bonds is 4. The van der Waals surface area contributed by atoms with Gasteiger partial charge in [0.1, 0.15) is 0 Å². The highest BCUT2D eigenvalue weighted by molar-refractivity contribution is 7.07. The highest BCUT2D eigenvalue weighted by atomic mass is 32.1. The van der Waals surface area contributed by atoms with E-state index in [-0.39, 0.29) is 12.3 Å². The zero-order valence-corrected chi connectivity index (χ0v) is 13.0. The molecule has 3 heterocycles. The fourth-order valence-electron chi connectivity index (χ4n) is 2.98. The van der Waals surface area contributed by atoms with E-state index in [1.54, 1.807) is 40.4 Å². The molecule has 0 radical (unpaired) electrons. The summed E-state index contributed by atoms with van der Waals surface area (Å²) in [4.78, 5) is 25.7. The Morgan fingerprint density at radius 2 is 2.36 bits per heavy atom. The van der Waals surface area contributed by atoms with Crippen LogP contribution in [-0.4, -0.2) is 31.7 Å². The van der Waals surface area contributed by atoms with Crippen molar-refractivity contribution < 1.29 is 14.7 Å². The molecule has 6 nitrogen and oxygen atoms in total. The van der Waals surface area contributed by atoms with E-state index >= 15 is 0 Å². The standard InChI is InChI=1S/C15H17N3O3S/c1-17-8-11(6-16-17)14-12(15(20)21)2-3-13(19)18(14)7-10-4-5-22-9-10/h4-6,8-9,12,14H,2-3,7H2,1H3,(H,20,21)/t12-,14-/m0/s1. The number of carboxylic acid groups (broad SMARTS) is 1. The maximum absolute atomic E-state index is 12.4. The van der Waals surface area contributed by atoms with Gasteiger partial charge in [0.25, 0.3) is 0 Å². The molecule has 2 atom stereocenters. The molecule has 1 N–H and O–H groups in total. The molecule has 0 spiro atoms. The number of aromatic nitrogens is 2. The van der Waals surface area contributed by atoms with Crippen molar-refractivity contribution in [3.8, 4) is 0 Å². The molecule has 7 heteroatoms. The maximum atomic E-state index is 12.4. The Balaban J connectivity index is 1.97. The number of aryl methyl sites for hydroxylation is 1. The number of carboxylic acids is 1. The predicted molar refractivity (Wildman–Crippen MR) is 81.2 cm³/mol. The summed E-state index contributed by atoms with van der Waals surface area (Å²) in [6.07, 6.45) is 4.09. The van der Waals surface area contributed by atoms with Gasteiger partial charge in [0, 0.05) is 31.8 Å². The third-order valence-corrected chi connectivity index (χ3v) is 4.76. The van der Waals surface area contributed by atoms with Crippen molar-refractivity contribution in [3.05, 3.63) is 40.3 Å². The first-order valence-corrected chi connectivity index (χ1v) is 8.02. The number of likely N-dealkylation sites (tertiary alicyclic amines) is 1. The lowest BCUT2D eigenvalue weighted by molar-refractivity contribution is -0.152. The Hall–Kier alpha value is -2.15. The summed E-state index contributed by atoms with van der Waals surface area (Å²) in [5.74, 6) is -1.46. The Labute approximate surface area is 132 Å². The first kappa shape index (κ1) is 14.8. The van der Waals surface area contributed by atoms with Gasteiger partial charge < -0.3 is 10.0 Å². The van der Waals surface area contributed by atoms with E-state index < -0.39 is 17.9 Å². The number of nitrogens with zero attached hydrogens (tertiary/aromatic N) is 3. The Bertz CT molecular complexity index is 680. The van der Waals surface area contributed by atoms with Gasteiger partial charge in [-0.05, 0) is 28.8 Å². The summed E-state index contributed by atoms with van der Waals surface area (Å²) in [5.41, 5.74) is 1.80. The molecule has 0 saturated carbocycles. The van der Waals surface area contributed by atoms with E-state index in [4.69, 9.17) is 0 Å². The van der Waals surface area contributed by atoms with Crippen LogP contribution in [0.2, 0.25) is 0 Å². The molecule has 0 aliphatic carbocycles. The third kappa shape index (κ3) is 2.76. The van der Waals surface area contributed by atoms with Crippen molar-refractivity contribution in [1.82, 2.24) is 14.7 Å². The number of carbonyl (C=O) groups excluding carboxylic acids is 1. The molecule has 1 aliphatic rings. The van der Waals surface area contributed by atoms with E-state index in [0.717, 1.165) is 11.1 Å². The average Bonchev–Trinajstić information content (AvgIpc) is 3.12. The second kappa shape index (κ2) is 5.92. The van der Waals surface area contributed by atoms with Crippen molar-refractivity contribution >= 4 is 23.2 Å². The minimum Gasteiger partial charge on any atom is -0.481 e. The first-order valence-electron chi connectivity index (χ1n) is 7.08. The topological polar surface area (TPSA) is 75.4 Å². The largest absolute Gasteiger partial charge is 0.481 e. The average molecular weight is 319 g/mol. The fourth-order valence-corrected chi connectivity index (χ4v) is 3.64. The van der Waals surface area contributed by atoms with E-state index in [9.17, 15) is 14.7 Å². The van der Waals surface area contributed by atoms with E-state index in [1.807, 2.05) is 16.8 Å². The van der Waals surface area contributed by atoms with Crippen molar-refractivity contribution in [2.45, 2.75) is 25.4 Å². The summed E-state index contributed by atoms with van der Waals surface area (Å²) in [5, 5.41) is 17.6. The van der Waals surface area contributed by atoms with Crippen molar-refractivity contribution in [2.24, 2.45) is 13.0 Å². The summed E-state index contributed by atoms with van der Waals surface area (Å²) < 4.78 is 1.64. The van der Waals surface area contributed by atoms with Crippen LogP contribution in [0.25, 0.3) is 0 Å². The zero-order chi connectivity index (χ0) is 15.7. The van der Waals surface area contributed by atoms with Crippen molar-refractivity contribution in [3.63, 3.8) is 0 Å². The SMILES string of the molecule is Cn1cc([C@H]2[C@@H](C(=O)O)CCC(=O)N2Cc2ccsc2)cn1. The number of aliphatic carboxylic acids is 1. The van der Waals surface area contributed by atoms with Crippen LogP contribution in [0.3, 0.4) is 0 Å². The molecule has 2 aromatic heterocycles. The van der Waals surface area contributed by atoms with Crippen LogP contribution < -0.4 is 0 Å². The summed E-state index contributed by atoms with van der Waals surface area (Å²) in [6, 6.07) is 1.50. The molecule has 116 valence electrons. The first-order chi connectivity index (χ1) is 10.6. The van der Waals surface area contributed by atoms with Gasteiger partial charge in [0.05, 0.1) is 18.2 Å². The van der Waals surface area contributed by atoms with E-state index in [0.29, 0.717) is 13.0 Å². The third-order valence-electron chi connectivity index (χ3n) is 4.02. The lowest BCUT2D eigenvalue weighted by atomic mass is 9.85. The van der Waals surface area contributed by atoms with Crippen LogP contribution in [0, 0.1) is 5.92 Å². The lowest BCUT2D eigenvalue weighted by Gasteiger charge is -2.39. The molecule has 0 bridgehead atoms. The van der Waals surface area contributed by atoms with Crippen LogP contribution in [0.4, 0.5) is 0 Å².